The first kappa shape index (κ1) is 15.3. The average Bonchev–Trinajstić information content (AvgIpc) is 2.96. The van der Waals surface area contributed by atoms with Gasteiger partial charge in [0.2, 0.25) is 0 Å². The van der Waals surface area contributed by atoms with Gasteiger partial charge in [0.05, 0.1) is 11.4 Å². The molecule has 23 heavy (non-hydrogen) atoms. The van der Waals surface area contributed by atoms with E-state index in [2.05, 4.69) is 4.72 Å². The Morgan fingerprint density at radius 1 is 1.22 bits per heavy atom. The third-order valence-electron chi connectivity index (χ3n) is 3.22. The molecule has 0 bridgehead atoms. The highest BCUT2D eigenvalue weighted by atomic mass is 32.2. The van der Waals surface area contributed by atoms with Gasteiger partial charge in [0.25, 0.3) is 10.0 Å². The van der Waals surface area contributed by atoms with Crippen LogP contribution in [0.3, 0.4) is 0 Å². The van der Waals surface area contributed by atoms with Crippen molar-refractivity contribution in [2.75, 3.05) is 10.5 Å². The summed E-state index contributed by atoms with van der Waals surface area (Å²) in [5.74, 6) is -0.796. The largest absolute Gasteiger partial charge is 0.396 e. The minimum atomic E-state index is -3.88. The second-order valence-electron chi connectivity index (χ2n) is 4.70. The molecule has 0 atom stereocenters. The SMILES string of the molecule is N#Cc1c(F)ccc(NS(=O)(=O)c2cc3ccccc3s2)c1N. The van der Waals surface area contributed by atoms with Crippen LogP contribution in [0.4, 0.5) is 15.8 Å². The lowest BCUT2D eigenvalue weighted by Crippen LogP contribution is -2.13. The molecule has 8 heteroatoms. The number of sulfonamides is 1. The molecule has 0 spiro atoms. The maximum absolute atomic E-state index is 13.4. The van der Waals surface area contributed by atoms with Gasteiger partial charge in [-0.1, -0.05) is 18.2 Å². The summed E-state index contributed by atoms with van der Waals surface area (Å²) in [6.45, 7) is 0. The van der Waals surface area contributed by atoms with Crippen molar-refractivity contribution in [3.63, 3.8) is 0 Å². The molecule has 0 saturated heterocycles. The van der Waals surface area contributed by atoms with Crippen LogP contribution in [0.25, 0.3) is 10.1 Å². The molecule has 0 aliphatic rings. The van der Waals surface area contributed by atoms with E-state index in [1.54, 1.807) is 12.1 Å². The highest BCUT2D eigenvalue weighted by Crippen LogP contribution is 2.32. The second kappa shape index (κ2) is 5.53. The summed E-state index contributed by atoms with van der Waals surface area (Å²) in [4.78, 5) is 0. The van der Waals surface area contributed by atoms with Crippen molar-refractivity contribution in [1.82, 2.24) is 0 Å². The number of benzene rings is 2. The number of nitriles is 1. The molecular weight excluding hydrogens is 337 g/mol. The van der Waals surface area contributed by atoms with Crippen molar-refractivity contribution in [3.8, 4) is 6.07 Å². The Morgan fingerprint density at radius 3 is 2.65 bits per heavy atom. The Morgan fingerprint density at radius 2 is 1.96 bits per heavy atom. The Hall–Kier alpha value is -2.63. The molecule has 1 heterocycles. The molecule has 0 unspecified atom stereocenters. The number of nitrogen functional groups attached to an aromatic ring is 1. The number of nitrogens with one attached hydrogen (secondary N) is 1. The van der Waals surface area contributed by atoms with Crippen LogP contribution in [-0.2, 0) is 10.0 Å². The highest BCUT2D eigenvalue weighted by molar-refractivity contribution is 7.94. The summed E-state index contributed by atoms with van der Waals surface area (Å²) >= 11 is 1.11. The Bertz CT molecular complexity index is 1020. The molecule has 2 aromatic carbocycles. The van der Waals surface area contributed by atoms with Gasteiger partial charge in [-0.25, -0.2) is 12.8 Å². The van der Waals surface area contributed by atoms with Crippen LogP contribution < -0.4 is 10.5 Å². The number of hydrogen-bond acceptors (Lipinski definition) is 5. The summed E-state index contributed by atoms with van der Waals surface area (Å²) in [7, 11) is -3.88. The number of hydrogen-bond donors (Lipinski definition) is 2. The van der Waals surface area contributed by atoms with E-state index in [1.165, 1.54) is 6.07 Å². The Labute approximate surface area is 135 Å². The molecule has 0 amide bonds. The predicted octanol–water partition coefficient (Wildman–Crippen LogP) is 3.30. The maximum Gasteiger partial charge on any atom is 0.271 e. The number of nitrogens with two attached hydrogens (primary N) is 1. The van der Waals surface area contributed by atoms with Crippen LogP contribution in [0.2, 0.25) is 0 Å². The average molecular weight is 347 g/mol. The van der Waals surface area contributed by atoms with Crippen LogP contribution in [0.1, 0.15) is 5.56 Å². The summed E-state index contributed by atoms with van der Waals surface area (Å²) in [5, 5.41) is 9.70. The van der Waals surface area contributed by atoms with Crippen molar-refractivity contribution in [1.29, 1.82) is 5.26 Å². The maximum atomic E-state index is 13.4. The fourth-order valence-corrected chi connectivity index (χ4v) is 4.56. The molecular formula is C15H10FN3O2S2. The minimum absolute atomic E-state index is 0.0274. The summed E-state index contributed by atoms with van der Waals surface area (Å²) in [6.07, 6.45) is 0. The molecule has 0 aliphatic carbocycles. The molecule has 0 aliphatic heterocycles. The van der Waals surface area contributed by atoms with Gasteiger partial charge in [0.1, 0.15) is 21.7 Å². The fourth-order valence-electron chi connectivity index (χ4n) is 2.08. The topological polar surface area (TPSA) is 96.0 Å². The molecule has 3 aromatic rings. The number of thiophene rings is 1. The van der Waals surface area contributed by atoms with E-state index in [1.807, 2.05) is 24.3 Å². The zero-order valence-electron chi connectivity index (χ0n) is 11.6. The number of fused-ring (bicyclic) bond motifs is 1. The van der Waals surface area contributed by atoms with E-state index in [-0.39, 0.29) is 21.1 Å². The lowest BCUT2D eigenvalue weighted by molar-refractivity contribution is 0.603. The zero-order valence-corrected chi connectivity index (χ0v) is 13.2. The van der Waals surface area contributed by atoms with Crippen LogP contribution >= 0.6 is 11.3 Å². The third kappa shape index (κ3) is 2.72. The van der Waals surface area contributed by atoms with Crippen LogP contribution in [-0.4, -0.2) is 8.42 Å². The summed E-state index contributed by atoms with van der Waals surface area (Å²) < 4.78 is 41.6. The first-order valence-corrected chi connectivity index (χ1v) is 8.72. The number of nitrogens with zero attached hydrogens (tertiary/aromatic N) is 1. The van der Waals surface area contributed by atoms with E-state index >= 15 is 0 Å². The number of rotatable bonds is 3. The molecule has 0 fully saturated rings. The van der Waals surface area contributed by atoms with E-state index in [4.69, 9.17) is 11.0 Å². The molecule has 3 N–H and O–H groups in total. The second-order valence-corrected chi connectivity index (χ2v) is 7.70. The van der Waals surface area contributed by atoms with Crippen molar-refractivity contribution < 1.29 is 12.8 Å². The number of halogens is 1. The van der Waals surface area contributed by atoms with Crippen molar-refractivity contribution in [2.45, 2.75) is 4.21 Å². The standard InChI is InChI=1S/C15H10FN3O2S2/c16-11-5-6-12(15(18)10(11)8-17)19-23(20,21)14-7-9-3-1-2-4-13(9)22-14/h1-7,19H,18H2. The van der Waals surface area contributed by atoms with E-state index in [0.717, 1.165) is 27.5 Å². The molecule has 116 valence electrons. The smallest absolute Gasteiger partial charge is 0.271 e. The molecule has 1 aromatic heterocycles. The van der Waals surface area contributed by atoms with Crippen LogP contribution in [0.5, 0.6) is 0 Å². The van der Waals surface area contributed by atoms with E-state index in [9.17, 15) is 12.8 Å². The lowest BCUT2D eigenvalue weighted by Gasteiger charge is -2.10. The first-order valence-electron chi connectivity index (χ1n) is 6.42. The van der Waals surface area contributed by atoms with Gasteiger partial charge in [-0.05, 0) is 29.7 Å². The van der Waals surface area contributed by atoms with Crippen molar-refractivity contribution in [3.05, 3.63) is 53.8 Å². The number of anilines is 2. The van der Waals surface area contributed by atoms with Crippen molar-refractivity contribution >= 4 is 42.8 Å². The van der Waals surface area contributed by atoms with Gasteiger partial charge in [-0.2, -0.15) is 5.26 Å². The quantitative estimate of drug-likeness (QED) is 0.711. The Balaban J connectivity index is 2.03. The molecule has 0 radical (unpaired) electrons. The normalized spacial score (nSPS) is 11.3. The van der Waals surface area contributed by atoms with E-state index in [0.29, 0.717) is 0 Å². The predicted molar refractivity (Wildman–Crippen MR) is 88.2 cm³/mol. The monoisotopic (exact) mass is 347 g/mol. The van der Waals surface area contributed by atoms with Gasteiger partial charge in [0.15, 0.2) is 0 Å². The zero-order chi connectivity index (χ0) is 16.6. The molecule has 3 rings (SSSR count). The van der Waals surface area contributed by atoms with Gasteiger partial charge in [-0.3, -0.25) is 4.72 Å². The van der Waals surface area contributed by atoms with Gasteiger partial charge < -0.3 is 5.73 Å². The van der Waals surface area contributed by atoms with Gasteiger partial charge in [0, 0.05) is 4.70 Å². The first-order chi connectivity index (χ1) is 10.9. The van der Waals surface area contributed by atoms with Gasteiger partial charge in [-0.15, -0.1) is 11.3 Å². The summed E-state index contributed by atoms with van der Waals surface area (Å²) in [6, 6.07) is 12.6. The third-order valence-corrected chi connectivity index (χ3v) is 6.17. The van der Waals surface area contributed by atoms with Gasteiger partial charge >= 0.3 is 0 Å². The molecule has 0 saturated carbocycles. The van der Waals surface area contributed by atoms with Crippen molar-refractivity contribution in [2.24, 2.45) is 0 Å². The minimum Gasteiger partial charge on any atom is -0.396 e. The van der Waals surface area contributed by atoms with E-state index < -0.39 is 15.8 Å². The lowest BCUT2D eigenvalue weighted by atomic mass is 10.1. The highest BCUT2D eigenvalue weighted by Gasteiger charge is 2.20. The summed E-state index contributed by atoms with van der Waals surface area (Å²) in [5.41, 5.74) is 5.02. The van der Waals surface area contributed by atoms with Crippen LogP contribution in [0, 0.1) is 17.1 Å². The Kier molecular flexibility index (Phi) is 3.67. The molecule has 5 nitrogen and oxygen atoms in total. The van der Waals surface area contributed by atoms with Crippen LogP contribution in [0.15, 0.2) is 46.7 Å². The fraction of sp³-hybridized carbons (Fsp3) is 0.